The van der Waals surface area contributed by atoms with Crippen LogP contribution in [0, 0.1) is 0 Å². The van der Waals surface area contributed by atoms with E-state index in [1.807, 2.05) is 29.7 Å². The Balaban J connectivity index is 1.45. The molecule has 0 unspecified atom stereocenters. The predicted octanol–water partition coefficient (Wildman–Crippen LogP) is 3.56. The van der Waals surface area contributed by atoms with Crippen molar-refractivity contribution < 1.29 is 5.21 Å². The topological polar surface area (TPSA) is 95.0 Å². The fourth-order valence-corrected chi connectivity index (χ4v) is 3.30. The molecule has 27 heavy (non-hydrogen) atoms. The summed E-state index contributed by atoms with van der Waals surface area (Å²) in [7, 11) is 0. The molecule has 0 amide bonds. The first-order valence-corrected chi connectivity index (χ1v) is 9.13. The van der Waals surface area contributed by atoms with E-state index in [-0.39, 0.29) is 5.95 Å². The van der Waals surface area contributed by atoms with Gasteiger partial charge in [0, 0.05) is 12.2 Å². The second kappa shape index (κ2) is 8.01. The highest BCUT2D eigenvalue weighted by Crippen LogP contribution is 2.26. The van der Waals surface area contributed by atoms with Crippen LogP contribution in [0.5, 0.6) is 0 Å². The van der Waals surface area contributed by atoms with Crippen LogP contribution < -0.4 is 16.1 Å². The molecular formula is C20H22N6O. The maximum atomic E-state index is 9.22. The van der Waals surface area contributed by atoms with Crippen molar-refractivity contribution in [2.24, 2.45) is 0 Å². The summed E-state index contributed by atoms with van der Waals surface area (Å²) in [5, 5.41) is 15.6. The molecule has 4 rings (SSSR count). The molecule has 0 spiro atoms. The van der Waals surface area contributed by atoms with Gasteiger partial charge in [-0.25, -0.2) is 5.48 Å². The Labute approximate surface area is 157 Å². The van der Waals surface area contributed by atoms with E-state index < -0.39 is 0 Å². The second-order valence-corrected chi connectivity index (χ2v) is 6.54. The molecule has 0 atom stereocenters. The zero-order valence-corrected chi connectivity index (χ0v) is 14.9. The molecule has 4 N–H and O–H groups in total. The van der Waals surface area contributed by atoms with Gasteiger partial charge in [0.1, 0.15) is 0 Å². The van der Waals surface area contributed by atoms with Gasteiger partial charge in [0.15, 0.2) is 0 Å². The molecule has 1 aliphatic carbocycles. The smallest absolute Gasteiger partial charge is 0.253 e. The number of anilines is 4. The van der Waals surface area contributed by atoms with Gasteiger partial charge in [0.25, 0.3) is 5.95 Å². The molecule has 0 bridgehead atoms. The Kier molecular flexibility index (Phi) is 5.11. The maximum Gasteiger partial charge on any atom is 0.253 e. The number of fused-ring (bicyclic) bond motifs is 1. The molecule has 0 fully saturated rings. The Hall–Kier alpha value is -3.19. The first kappa shape index (κ1) is 17.2. The van der Waals surface area contributed by atoms with Crippen molar-refractivity contribution in [2.45, 2.75) is 25.7 Å². The summed E-state index contributed by atoms with van der Waals surface area (Å²) in [6.07, 6.45) is 4.31. The molecule has 0 saturated carbocycles. The fourth-order valence-electron chi connectivity index (χ4n) is 3.30. The van der Waals surface area contributed by atoms with E-state index in [0.717, 1.165) is 24.9 Å². The van der Waals surface area contributed by atoms with Crippen LogP contribution in [0.1, 0.15) is 23.1 Å². The van der Waals surface area contributed by atoms with E-state index in [9.17, 15) is 5.21 Å². The molecule has 1 aliphatic rings. The normalized spacial score (nSPS) is 12.5. The van der Waals surface area contributed by atoms with Crippen LogP contribution in [0.25, 0.3) is 0 Å². The Bertz CT molecular complexity index is 916. The average Bonchev–Trinajstić information content (AvgIpc) is 3.16. The van der Waals surface area contributed by atoms with E-state index in [1.54, 1.807) is 0 Å². The molecule has 0 radical (unpaired) electrons. The van der Waals surface area contributed by atoms with Gasteiger partial charge in [-0.3, -0.25) is 5.21 Å². The van der Waals surface area contributed by atoms with E-state index in [1.165, 1.54) is 23.1 Å². The van der Waals surface area contributed by atoms with Gasteiger partial charge in [0.05, 0.1) is 0 Å². The van der Waals surface area contributed by atoms with E-state index >= 15 is 0 Å². The first-order valence-electron chi connectivity index (χ1n) is 9.13. The second-order valence-electron chi connectivity index (χ2n) is 6.54. The van der Waals surface area contributed by atoms with E-state index in [0.29, 0.717) is 18.4 Å². The Morgan fingerprint density at radius 3 is 2.48 bits per heavy atom. The number of aryl methyl sites for hydroxylation is 2. The van der Waals surface area contributed by atoms with Crippen LogP contribution in [0.3, 0.4) is 0 Å². The third kappa shape index (κ3) is 4.32. The lowest BCUT2D eigenvalue weighted by atomic mass is 10.1. The van der Waals surface area contributed by atoms with Crippen molar-refractivity contribution in [1.29, 1.82) is 0 Å². The highest BCUT2D eigenvalue weighted by Gasteiger charge is 2.12. The van der Waals surface area contributed by atoms with Gasteiger partial charge >= 0.3 is 0 Å². The predicted molar refractivity (Wildman–Crippen MR) is 106 cm³/mol. The summed E-state index contributed by atoms with van der Waals surface area (Å²) in [5.74, 6) is 0.874. The van der Waals surface area contributed by atoms with Crippen molar-refractivity contribution in [3.63, 3.8) is 0 Å². The molecule has 7 nitrogen and oxygen atoms in total. The average molecular weight is 362 g/mol. The lowest BCUT2D eigenvalue weighted by molar-refractivity contribution is 0.382. The molecule has 2 aromatic carbocycles. The van der Waals surface area contributed by atoms with Crippen LogP contribution in [0.15, 0.2) is 48.5 Å². The number of rotatable bonds is 7. The Morgan fingerprint density at radius 2 is 1.63 bits per heavy atom. The van der Waals surface area contributed by atoms with Crippen molar-refractivity contribution in [1.82, 2.24) is 15.0 Å². The van der Waals surface area contributed by atoms with Gasteiger partial charge < -0.3 is 10.6 Å². The molecule has 1 heterocycles. The minimum Gasteiger partial charge on any atom is -0.354 e. The summed E-state index contributed by atoms with van der Waals surface area (Å²) in [6, 6.07) is 16.5. The molecular weight excluding hydrogens is 340 g/mol. The van der Waals surface area contributed by atoms with Crippen LogP contribution in [-0.4, -0.2) is 26.7 Å². The summed E-state index contributed by atoms with van der Waals surface area (Å²) in [6.45, 7) is 0.678. The largest absolute Gasteiger partial charge is 0.354 e. The third-order valence-electron chi connectivity index (χ3n) is 4.63. The van der Waals surface area contributed by atoms with Gasteiger partial charge in [0.2, 0.25) is 11.9 Å². The van der Waals surface area contributed by atoms with E-state index in [4.69, 9.17) is 0 Å². The molecule has 0 aliphatic heterocycles. The SMILES string of the molecule is ONc1nc(NCCc2ccccc2)nc(Nc2ccc3c(c2)CCC3)n1. The van der Waals surface area contributed by atoms with Gasteiger partial charge in [-0.05, 0) is 54.5 Å². The zero-order valence-electron chi connectivity index (χ0n) is 14.9. The summed E-state index contributed by atoms with van der Waals surface area (Å²) < 4.78 is 0. The highest BCUT2D eigenvalue weighted by molar-refractivity contribution is 5.58. The molecule has 3 aromatic rings. The molecule has 7 heteroatoms. The molecule has 138 valence electrons. The number of nitrogens with one attached hydrogen (secondary N) is 3. The highest BCUT2D eigenvalue weighted by atomic mass is 16.5. The van der Waals surface area contributed by atoms with Gasteiger partial charge in [-0.1, -0.05) is 36.4 Å². The van der Waals surface area contributed by atoms with Crippen LogP contribution in [0.2, 0.25) is 0 Å². The summed E-state index contributed by atoms with van der Waals surface area (Å²) in [5.41, 5.74) is 6.95. The maximum absolute atomic E-state index is 9.22. The number of nitrogens with zero attached hydrogens (tertiary/aromatic N) is 3. The fraction of sp³-hybridized carbons (Fsp3) is 0.250. The number of hydrogen-bond acceptors (Lipinski definition) is 7. The third-order valence-corrected chi connectivity index (χ3v) is 4.63. The first-order chi connectivity index (χ1) is 13.3. The lowest BCUT2D eigenvalue weighted by Gasteiger charge is -2.10. The van der Waals surface area contributed by atoms with Crippen molar-refractivity contribution in [3.8, 4) is 0 Å². The van der Waals surface area contributed by atoms with Crippen LogP contribution in [0.4, 0.5) is 23.5 Å². The standard InChI is InChI=1S/C20H22N6O/c27-26-20-24-18(21-12-11-14-5-2-1-3-6-14)23-19(25-20)22-17-10-9-15-7-4-8-16(15)13-17/h1-3,5-6,9-10,13,27H,4,7-8,11-12H2,(H3,21,22,23,24,25,26). The minimum atomic E-state index is 0.0934. The van der Waals surface area contributed by atoms with Gasteiger partial charge in [-0.15, -0.1) is 0 Å². The number of hydrogen-bond donors (Lipinski definition) is 4. The summed E-state index contributed by atoms with van der Waals surface area (Å²) >= 11 is 0. The zero-order chi connectivity index (χ0) is 18.5. The minimum absolute atomic E-state index is 0.0934. The van der Waals surface area contributed by atoms with E-state index in [2.05, 4.69) is 49.9 Å². The van der Waals surface area contributed by atoms with Crippen LogP contribution >= 0.6 is 0 Å². The summed E-state index contributed by atoms with van der Waals surface area (Å²) in [4.78, 5) is 12.7. The quantitative estimate of drug-likeness (QED) is 0.477. The van der Waals surface area contributed by atoms with Crippen LogP contribution in [-0.2, 0) is 19.3 Å². The number of aromatic nitrogens is 3. The molecule has 0 saturated heterocycles. The van der Waals surface area contributed by atoms with Crippen molar-refractivity contribution in [2.75, 3.05) is 22.7 Å². The monoisotopic (exact) mass is 362 g/mol. The van der Waals surface area contributed by atoms with Crippen molar-refractivity contribution >= 4 is 23.5 Å². The number of benzene rings is 2. The Morgan fingerprint density at radius 1 is 0.852 bits per heavy atom. The van der Waals surface area contributed by atoms with Crippen molar-refractivity contribution in [3.05, 3.63) is 65.2 Å². The lowest BCUT2D eigenvalue weighted by Crippen LogP contribution is -2.12. The van der Waals surface area contributed by atoms with Gasteiger partial charge in [-0.2, -0.15) is 15.0 Å². The molecule has 1 aromatic heterocycles.